The second-order valence-corrected chi connectivity index (χ2v) is 16.4. The zero-order valence-corrected chi connectivity index (χ0v) is 30.9. The molecule has 0 unspecified atom stereocenters. The van der Waals surface area contributed by atoms with Crippen LogP contribution in [0.2, 0.25) is 0 Å². The number of fused-ring (bicyclic) bond motifs is 5. The summed E-state index contributed by atoms with van der Waals surface area (Å²) in [5.41, 5.74) is 7.96. The van der Waals surface area contributed by atoms with Crippen molar-refractivity contribution in [2.75, 3.05) is 33.3 Å². The number of nitrogens with two attached hydrogens (primary N) is 1. The van der Waals surface area contributed by atoms with Crippen LogP contribution in [0.25, 0.3) is 0 Å². The number of carbonyl (C=O) groups excluding carboxylic acids is 2. The van der Waals surface area contributed by atoms with Crippen LogP contribution >= 0.6 is 0 Å². The number of aliphatic hydroxyl groups excluding tert-OH is 1. The smallest absolute Gasteiger partial charge is 0.333 e. The van der Waals surface area contributed by atoms with Gasteiger partial charge in [-0.15, -0.1) is 0 Å². The Kier molecular flexibility index (Phi) is 12.8. The summed E-state index contributed by atoms with van der Waals surface area (Å²) in [5.74, 6) is 0.476. The molecule has 4 aliphatic rings. The number of carbonyl (C=O) groups is 2. The highest BCUT2D eigenvalue weighted by Crippen LogP contribution is 2.74. The van der Waals surface area contributed by atoms with Crippen molar-refractivity contribution in [1.29, 1.82) is 0 Å². The number of methoxy groups -OCH3 is 1. The first kappa shape index (κ1) is 38.1. The number of esters is 2. The fourth-order valence-corrected chi connectivity index (χ4v) is 11.2. The van der Waals surface area contributed by atoms with Gasteiger partial charge in [-0.1, -0.05) is 39.3 Å². The van der Waals surface area contributed by atoms with Crippen molar-refractivity contribution in [3.8, 4) is 0 Å². The van der Waals surface area contributed by atoms with E-state index in [0.717, 1.165) is 76.7 Å². The summed E-state index contributed by atoms with van der Waals surface area (Å²) in [4.78, 5) is 25.9. The van der Waals surface area contributed by atoms with Crippen LogP contribution in [0.15, 0.2) is 22.8 Å². The average Bonchev–Trinajstić information content (AvgIpc) is 3.28. The number of allylic oxidation sites excluding steroid dienone is 2. The van der Waals surface area contributed by atoms with Crippen molar-refractivity contribution in [2.45, 2.75) is 137 Å². The summed E-state index contributed by atoms with van der Waals surface area (Å²) in [6.45, 7) is 19.1. The molecule has 0 saturated heterocycles. The summed E-state index contributed by atoms with van der Waals surface area (Å²) in [7, 11) is 1.43. The maximum absolute atomic E-state index is 13.4. The first-order valence-corrected chi connectivity index (χ1v) is 18.7. The van der Waals surface area contributed by atoms with Gasteiger partial charge in [0.15, 0.2) is 0 Å². The SMILES string of the molecule is COC(=O)/C(CCC=C(C)C)=C1\[C@@H](OC(C)=O)C[C@@]2(C)[C@H]1C[C@@H](O)[C@H]1[C@@]3(C)CC[C@H](NCCCNCCCCN)[C@@H](C)[C@@H]3CC[C@@]12C. The Morgan fingerprint density at radius 1 is 1.02 bits per heavy atom. The highest BCUT2D eigenvalue weighted by molar-refractivity contribution is 5.90. The van der Waals surface area contributed by atoms with Gasteiger partial charge in [0.05, 0.1) is 13.2 Å². The Labute approximate surface area is 285 Å². The van der Waals surface area contributed by atoms with E-state index in [9.17, 15) is 14.7 Å². The molecule has 0 bridgehead atoms. The molecular weight excluding hydrogens is 590 g/mol. The minimum atomic E-state index is -0.490. The van der Waals surface area contributed by atoms with Crippen LogP contribution in [0.4, 0.5) is 0 Å². The molecule has 0 aromatic rings. The summed E-state index contributed by atoms with van der Waals surface area (Å²) >= 11 is 0. The fourth-order valence-electron chi connectivity index (χ4n) is 11.2. The lowest BCUT2D eigenvalue weighted by molar-refractivity contribution is -0.227. The Morgan fingerprint density at radius 2 is 1.74 bits per heavy atom. The number of aliphatic hydroxyl groups is 1. The fraction of sp³-hybridized carbons (Fsp3) is 0.846. The molecule has 4 aliphatic carbocycles. The monoisotopic (exact) mass is 658 g/mol. The maximum Gasteiger partial charge on any atom is 0.333 e. The molecule has 47 heavy (non-hydrogen) atoms. The zero-order valence-electron chi connectivity index (χ0n) is 30.9. The van der Waals surface area contributed by atoms with Crippen LogP contribution < -0.4 is 16.4 Å². The topological polar surface area (TPSA) is 123 Å². The lowest BCUT2D eigenvalue weighted by Crippen LogP contribution is -2.66. The molecule has 0 radical (unpaired) electrons. The third-order valence-electron chi connectivity index (χ3n) is 13.5. The third-order valence-corrected chi connectivity index (χ3v) is 13.5. The molecule has 0 aliphatic heterocycles. The first-order valence-electron chi connectivity index (χ1n) is 18.7. The van der Waals surface area contributed by atoms with Crippen LogP contribution in [0.5, 0.6) is 0 Å². The van der Waals surface area contributed by atoms with Crippen molar-refractivity contribution in [3.05, 3.63) is 22.8 Å². The number of unbranched alkanes of at least 4 members (excludes halogenated alkanes) is 1. The number of hydrogen-bond acceptors (Lipinski definition) is 8. The van der Waals surface area contributed by atoms with E-state index in [4.69, 9.17) is 15.2 Å². The highest BCUT2D eigenvalue weighted by Gasteiger charge is 2.70. The molecule has 268 valence electrons. The number of hydrogen-bond donors (Lipinski definition) is 4. The second-order valence-electron chi connectivity index (χ2n) is 16.4. The largest absolute Gasteiger partial charge is 0.466 e. The Hall–Kier alpha value is -1.74. The molecular formula is C39H67N3O5. The van der Waals surface area contributed by atoms with Gasteiger partial charge in [-0.25, -0.2) is 4.79 Å². The molecule has 10 atom stereocenters. The van der Waals surface area contributed by atoms with Gasteiger partial charge in [-0.2, -0.15) is 0 Å². The molecule has 8 heteroatoms. The predicted octanol–water partition coefficient (Wildman–Crippen LogP) is 6.07. The van der Waals surface area contributed by atoms with Crippen molar-refractivity contribution in [3.63, 3.8) is 0 Å². The molecule has 0 aromatic carbocycles. The normalized spacial score (nSPS) is 38.9. The lowest BCUT2D eigenvalue weighted by atomic mass is 9.36. The standard InChI is InChI=1S/C39H67N3O5/c1-25(2)13-11-14-28(36(45)46-8)34-30-23-32(44)35-37(5)17-16-31(42-22-12-21-41-20-10-9-19-40)26(3)29(37)15-18-38(35,6)39(30,7)24-33(34)47-27(4)43/h13,26,29-33,35,41-42,44H,9-12,14-24,40H2,1-8H3/b34-28-/t26-,29-,30-,31-,32+,33-,35-,37-,38-,39-/m0/s1. The van der Waals surface area contributed by atoms with Gasteiger partial charge in [0.2, 0.25) is 0 Å². The minimum absolute atomic E-state index is 0.0144. The molecule has 0 spiro atoms. The van der Waals surface area contributed by atoms with Crippen LogP contribution in [0.1, 0.15) is 119 Å². The van der Waals surface area contributed by atoms with E-state index in [1.807, 2.05) is 0 Å². The number of ether oxygens (including phenoxy) is 2. The van der Waals surface area contributed by atoms with Gasteiger partial charge in [-0.05, 0) is 156 Å². The van der Waals surface area contributed by atoms with Gasteiger partial charge < -0.3 is 30.9 Å². The maximum atomic E-state index is 13.4. The quantitative estimate of drug-likeness (QED) is 0.0769. The molecule has 8 nitrogen and oxygen atoms in total. The van der Waals surface area contributed by atoms with Gasteiger partial charge in [-0.3, -0.25) is 4.79 Å². The molecule has 5 N–H and O–H groups in total. The molecule has 0 heterocycles. The van der Waals surface area contributed by atoms with Crippen LogP contribution in [-0.4, -0.2) is 68.6 Å². The van der Waals surface area contributed by atoms with Crippen LogP contribution in [0, 0.1) is 39.9 Å². The predicted molar refractivity (Wildman–Crippen MR) is 188 cm³/mol. The molecule has 4 rings (SSSR count). The van der Waals surface area contributed by atoms with E-state index < -0.39 is 12.2 Å². The Morgan fingerprint density at radius 3 is 2.40 bits per heavy atom. The van der Waals surface area contributed by atoms with Gasteiger partial charge >= 0.3 is 11.9 Å². The summed E-state index contributed by atoms with van der Waals surface area (Å²) in [6, 6.07) is 0.497. The van der Waals surface area contributed by atoms with E-state index in [1.165, 1.54) is 19.6 Å². The van der Waals surface area contributed by atoms with E-state index in [2.05, 4.69) is 58.3 Å². The Balaban J connectivity index is 1.58. The second kappa shape index (κ2) is 15.9. The summed E-state index contributed by atoms with van der Waals surface area (Å²) < 4.78 is 11.4. The summed E-state index contributed by atoms with van der Waals surface area (Å²) in [6.07, 6.45) is 11.4. The molecule has 0 aromatic heterocycles. The van der Waals surface area contributed by atoms with Crippen LogP contribution in [0.3, 0.4) is 0 Å². The van der Waals surface area contributed by atoms with E-state index in [0.29, 0.717) is 49.1 Å². The lowest BCUT2D eigenvalue weighted by Gasteiger charge is -2.69. The number of nitrogens with one attached hydrogen (secondary N) is 2. The van der Waals surface area contributed by atoms with Gasteiger partial charge in [0, 0.05) is 18.5 Å². The van der Waals surface area contributed by atoms with Crippen molar-refractivity contribution in [1.82, 2.24) is 10.6 Å². The van der Waals surface area contributed by atoms with E-state index in [1.54, 1.807) is 0 Å². The zero-order chi connectivity index (χ0) is 34.6. The van der Waals surface area contributed by atoms with Crippen molar-refractivity contribution >= 4 is 11.9 Å². The van der Waals surface area contributed by atoms with Gasteiger partial charge in [0.25, 0.3) is 0 Å². The summed E-state index contributed by atoms with van der Waals surface area (Å²) in [5, 5.41) is 19.8. The molecule has 4 fully saturated rings. The van der Waals surface area contributed by atoms with Crippen molar-refractivity contribution in [2.24, 2.45) is 45.7 Å². The molecule has 4 saturated carbocycles. The van der Waals surface area contributed by atoms with E-state index in [-0.39, 0.29) is 40.0 Å². The Bertz CT molecular complexity index is 1170. The third kappa shape index (κ3) is 7.56. The first-order chi connectivity index (χ1) is 22.2. The van der Waals surface area contributed by atoms with Crippen molar-refractivity contribution < 1.29 is 24.2 Å². The molecule has 0 amide bonds. The minimum Gasteiger partial charge on any atom is -0.466 e. The van der Waals surface area contributed by atoms with Crippen LogP contribution in [-0.2, 0) is 19.1 Å². The average molecular weight is 658 g/mol. The van der Waals surface area contributed by atoms with Gasteiger partial charge in [0.1, 0.15) is 6.10 Å². The van der Waals surface area contributed by atoms with E-state index >= 15 is 0 Å². The number of rotatable bonds is 14. The highest BCUT2D eigenvalue weighted by atomic mass is 16.5.